The normalized spacial score (nSPS) is 21.4. The zero-order valence-electron chi connectivity index (χ0n) is 18.5. The molecule has 1 aromatic heterocycles. The lowest BCUT2D eigenvalue weighted by Gasteiger charge is -2.41. The van der Waals surface area contributed by atoms with Crippen molar-refractivity contribution in [2.24, 2.45) is 0 Å². The number of carbonyl (C=O) groups excluding carboxylic acids is 2. The predicted molar refractivity (Wildman–Crippen MR) is 124 cm³/mol. The summed E-state index contributed by atoms with van der Waals surface area (Å²) in [6.45, 7) is 5.85. The van der Waals surface area contributed by atoms with E-state index in [-0.39, 0.29) is 17.9 Å². The first-order valence-electron chi connectivity index (χ1n) is 11.2. The van der Waals surface area contributed by atoms with Gasteiger partial charge in [-0.3, -0.25) is 14.5 Å². The van der Waals surface area contributed by atoms with Gasteiger partial charge in [0, 0.05) is 43.7 Å². The number of nitrogens with one attached hydrogen (secondary N) is 1. The summed E-state index contributed by atoms with van der Waals surface area (Å²) in [6, 6.07) is 11.1. The van der Waals surface area contributed by atoms with Crippen LogP contribution in [-0.2, 0) is 14.3 Å². The van der Waals surface area contributed by atoms with E-state index in [2.05, 4.69) is 10.2 Å². The summed E-state index contributed by atoms with van der Waals surface area (Å²) < 4.78 is 10.7. The van der Waals surface area contributed by atoms with Crippen molar-refractivity contribution >= 4 is 23.2 Å². The number of nitrogens with zero attached hydrogens (tertiary/aromatic N) is 2. The summed E-state index contributed by atoms with van der Waals surface area (Å²) >= 11 is 1.58. The number of methoxy groups -OCH3 is 1. The number of morpholine rings is 1. The van der Waals surface area contributed by atoms with Gasteiger partial charge in [0.05, 0.1) is 31.8 Å². The molecule has 32 heavy (non-hydrogen) atoms. The minimum atomic E-state index is -0.456. The Labute approximate surface area is 193 Å². The number of amides is 2. The molecule has 0 bridgehead atoms. The lowest BCUT2D eigenvalue weighted by atomic mass is 9.81. The van der Waals surface area contributed by atoms with Gasteiger partial charge in [-0.25, -0.2) is 0 Å². The number of rotatable bonds is 9. The number of benzene rings is 1. The molecule has 1 aromatic carbocycles. The Bertz CT molecular complexity index is 898. The van der Waals surface area contributed by atoms with Crippen LogP contribution >= 0.6 is 11.3 Å². The average Bonchev–Trinajstić information content (AvgIpc) is 3.36. The molecule has 2 aromatic rings. The topological polar surface area (TPSA) is 71.1 Å². The molecule has 7 nitrogen and oxygen atoms in total. The van der Waals surface area contributed by atoms with Crippen molar-refractivity contribution in [1.82, 2.24) is 15.1 Å². The summed E-state index contributed by atoms with van der Waals surface area (Å²) in [7, 11) is 1.63. The Morgan fingerprint density at radius 3 is 2.75 bits per heavy atom. The highest BCUT2D eigenvalue weighted by atomic mass is 32.1. The van der Waals surface area contributed by atoms with Crippen molar-refractivity contribution in [3.63, 3.8) is 0 Å². The van der Waals surface area contributed by atoms with Crippen LogP contribution in [0.25, 0.3) is 0 Å². The smallest absolute Gasteiger partial charge is 0.254 e. The van der Waals surface area contributed by atoms with Gasteiger partial charge in [-0.05, 0) is 36.0 Å². The van der Waals surface area contributed by atoms with Gasteiger partial charge < -0.3 is 19.7 Å². The number of carbonyl (C=O) groups is 2. The lowest BCUT2D eigenvalue weighted by molar-refractivity contribution is -0.124. The molecule has 0 spiro atoms. The van der Waals surface area contributed by atoms with Crippen molar-refractivity contribution in [3.8, 4) is 0 Å². The molecule has 2 atom stereocenters. The highest BCUT2D eigenvalue weighted by molar-refractivity contribution is 7.10. The van der Waals surface area contributed by atoms with Crippen molar-refractivity contribution in [1.29, 1.82) is 0 Å². The molecular formula is C24H31N3O4S. The average molecular weight is 458 g/mol. The van der Waals surface area contributed by atoms with E-state index in [9.17, 15) is 9.59 Å². The highest BCUT2D eigenvalue weighted by Gasteiger charge is 2.44. The third-order valence-electron chi connectivity index (χ3n) is 6.15. The molecular weight excluding hydrogens is 426 g/mol. The maximum Gasteiger partial charge on any atom is 0.254 e. The zero-order chi connectivity index (χ0) is 22.3. The molecule has 2 aliphatic rings. The molecule has 1 fully saturated rings. The van der Waals surface area contributed by atoms with Crippen molar-refractivity contribution in [2.75, 3.05) is 59.7 Å². The zero-order valence-corrected chi connectivity index (χ0v) is 19.3. The molecule has 0 aliphatic carbocycles. The van der Waals surface area contributed by atoms with E-state index in [1.54, 1.807) is 23.3 Å². The van der Waals surface area contributed by atoms with E-state index in [1.165, 1.54) is 0 Å². The van der Waals surface area contributed by atoms with E-state index in [0.717, 1.165) is 49.7 Å². The monoisotopic (exact) mass is 457 g/mol. The Morgan fingerprint density at radius 2 is 2.00 bits per heavy atom. The van der Waals surface area contributed by atoms with Gasteiger partial charge >= 0.3 is 0 Å². The Balaban J connectivity index is 1.54. The fourth-order valence-electron chi connectivity index (χ4n) is 4.54. The second kappa shape index (κ2) is 11.0. The van der Waals surface area contributed by atoms with Gasteiger partial charge in [-0.1, -0.05) is 24.3 Å². The Hall–Kier alpha value is -2.26. The summed E-state index contributed by atoms with van der Waals surface area (Å²) in [6.07, 6.45) is 0.885. The van der Waals surface area contributed by atoms with Crippen LogP contribution in [-0.4, -0.2) is 81.3 Å². The maximum absolute atomic E-state index is 13.5. The van der Waals surface area contributed by atoms with Crippen LogP contribution in [0.5, 0.6) is 0 Å². The molecule has 1 saturated heterocycles. The molecule has 0 unspecified atom stereocenters. The third kappa shape index (κ3) is 5.04. The first kappa shape index (κ1) is 22.9. The van der Waals surface area contributed by atoms with Crippen LogP contribution in [0.2, 0.25) is 0 Å². The minimum Gasteiger partial charge on any atom is -0.383 e. The van der Waals surface area contributed by atoms with Gasteiger partial charge in [0.2, 0.25) is 5.91 Å². The van der Waals surface area contributed by atoms with E-state index < -0.39 is 5.92 Å². The Kier molecular flexibility index (Phi) is 7.91. The largest absolute Gasteiger partial charge is 0.383 e. The standard InChI is InChI=1S/C24H31N3O4S/c1-30-14-13-27-22(20-8-4-17-32-20)21(18-6-2-3-7-19(18)24(27)29)23(28)25-9-5-10-26-11-15-31-16-12-26/h2-4,6-8,17,21-22H,5,9-16H2,1H3,(H,25,28)/t21-,22+/m1/s1. The van der Waals surface area contributed by atoms with Gasteiger partial charge in [0.15, 0.2) is 0 Å². The van der Waals surface area contributed by atoms with Crippen molar-refractivity contribution in [3.05, 3.63) is 57.8 Å². The van der Waals surface area contributed by atoms with Crippen LogP contribution in [0.4, 0.5) is 0 Å². The molecule has 0 radical (unpaired) electrons. The molecule has 0 saturated carbocycles. The fourth-order valence-corrected chi connectivity index (χ4v) is 5.41. The van der Waals surface area contributed by atoms with Gasteiger partial charge in [0.1, 0.15) is 0 Å². The molecule has 2 aliphatic heterocycles. The summed E-state index contributed by atoms with van der Waals surface area (Å²) in [5.74, 6) is -0.539. The first-order valence-corrected chi connectivity index (χ1v) is 12.1. The number of hydrogen-bond acceptors (Lipinski definition) is 6. The van der Waals surface area contributed by atoms with E-state index in [1.807, 2.05) is 41.8 Å². The summed E-state index contributed by atoms with van der Waals surface area (Å²) in [4.78, 5) is 32.1. The molecule has 2 amide bonds. The second-order valence-corrected chi connectivity index (χ2v) is 9.09. The van der Waals surface area contributed by atoms with E-state index in [4.69, 9.17) is 9.47 Å². The highest BCUT2D eigenvalue weighted by Crippen LogP contribution is 2.44. The molecule has 172 valence electrons. The van der Waals surface area contributed by atoms with Crippen LogP contribution in [0.1, 0.15) is 39.2 Å². The number of ether oxygens (including phenoxy) is 2. The summed E-state index contributed by atoms with van der Waals surface area (Å²) in [5, 5.41) is 5.15. The minimum absolute atomic E-state index is 0.0345. The van der Waals surface area contributed by atoms with Gasteiger partial charge in [0.25, 0.3) is 5.91 Å². The predicted octanol–water partition coefficient (Wildman–Crippen LogP) is 2.51. The van der Waals surface area contributed by atoms with Crippen LogP contribution in [0.3, 0.4) is 0 Å². The van der Waals surface area contributed by atoms with Gasteiger partial charge in [-0.15, -0.1) is 11.3 Å². The van der Waals surface area contributed by atoms with Crippen LogP contribution < -0.4 is 5.32 Å². The number of hydrogen-bond donors (Lipinski definition) is 1. The fraction of sp³-hybridized carbons (Fsp3) is 0.500. The number of fused-ring (bicyclic) bond motifs is 1. The van der Waals surface area contributed by atoms with Crippen LogP contribution in [0, 0.1) is 0 Å². The van der Waals surface area contributed by atoms with Crippen molar-refractivity contribution in [2.45, 2.75) is 18.4 Å². The van der Waals surface area contributed by atoms with Crippen LogP contribution in [0.15, 0.2) is 41.8 Å². The van der Waals surface area contributed by atoms with Crippen molar-refractivity contribution < 1.29 is 19.1 Å². The molecule has 8 heteroatoms. The van der Waals surface area contributed by atoms with E-state index >= 15 is 0 Å². The van der Waals surface area contributed by atoms with Gasteiger partial charge in [-0.2, -0.15) is 0 Å². The van der Waals surface area contributed by atoms with E-state index in [0.29, 0.717) is 25.3 Å². The molecule has 4 rings (SSSR count). The second-order valence-electron chi connectivity index (χ2n) is 8.12. The molecule has 1 N–H and O–H groups in total. The quantitative estimate of drug-likeness (QED) is 0.586. The third-order valence-corrected chi connectivity index (χ3v) is 7.09. The number of thiophene rings is 1. The maximum atomic E-state index is 13.5. The summed E-state index contributed by atoms with van der Waals surface area (Å²) in [5.41, 5.74) is 1.40. The first-order chi connectivity index (χ1) is 15.7. The molecule has 3 heterocycles. The lowest BCUT2D eigenvalue weighted by Crippen LogP contribution is -2.48. The Morgan fingerprint density at radius 1 is 1.19 bits per heavy atom. The SMILES string of the molecule is COCCN1C(=O)c2ccccc2[C@@H](C(=O)NCCCN2CCOCC2)[C@@H]1c1cccs1.